The number of hydrogen-bond acceptors (Lipinski definition) is 3. The zero-order valence-electron chi connectivity index (χ0n) is 17.6. The van der Waals surface area contributed by atoms with E-state index in [1.54, 1.807) is 13.3 Å². The van der Waals surface area contributed by atoms with Crippen molar-refractivity contribution in [3.63, 3.8) is 0 Å². The summed E-state index contributed by atoms with van der Waals surface area (Å²) < 4.78 is 5.16. The smallest absolute Gasteiger partial charge is 0.244 e. The van der Waals surface area contributed by atoms with Crippen molar-refractivity contribution in [1.29, 1.82) is 0 Å². The third kappa shape index (κ3) is 3.86. The first-order chi connectivity index (χ1) is 14.5. The summed E-state index contributed by atoms with van der Waals surface area (Å²) in [5, 5.41) is 4.18. The minimum absolute atomic E-state index is 0.0530. The van der Waals surface area contributed by atoms with Gasteiger partial charge < -0.3 is 4.74 Å². The van der Waals surface area contributed by atoms with E-state index in [-0.39, 0.29) is 17.2 Å². The number of aryl methyl sites for hydroxylation is 2. The van der Waals surface area contributed by atoms with Gasteiger partial charge in [-0.2, -0.15) is 5.10 Å². The zero-order valence-corrected chi connectivity index (χ0v) is 17.6. The van der Waals surface area contributed by atoms with Crippen LogP contribution < -0.4 is 10.2 Å². The van der Waals surface area contributed by atoms with Crippen molar-refractivity contribution < 1.29 is 9.53 Å². The number of hydrogen-bond donors (Lipinski definition) is 1. The van der Waals surface area contributed by atoms with E-state index in [2.05, 4.69) is 72.9 Å². The molecule has 1 aliphatic carbocycles. The van der Waals surface area contributed by atoms with Crippen LogP contribution >= 0.6 is 0 Å². The molecule has 0 heterocycles. The van der Waals surface area contributed by atoms with Gasteiger partial charge in [-0.15, -0.1) is 0 Å². The summed E-state index contributed by atoms with van der Waals surface area (Å²) in [5.74, 6) is 0.590. The minimum atomic E-state index is -0.294. The van der Waals surface area contributed by atoms with Gasteiger partial charge in [-0.25, -0.2) is 5.43 Å². The highest BCUT2D eigenvalue weighted by molar-refractivity contribution is 5.87. The van der Waals surface area contributed by atoms with Crippen LogP contribution in [0.15, 0.2) is 77.9 Å². The van der Waals surface area contributed by atoms with E-state index >= 15 is 0 Å². The lowest BCUT2D eigenvalue weighted by molar-refractivity contribution is -0.122. The van der Waals surface area contributed by atoms with Gasteiger partial charge in [-0.1, -0.05) is 59.7 Å². The maximum absolute atomic E-state index is 13.0. The van der Waals surface area contributed by atoms with Crippen LogP contribution in [0.1, 0.15) is 34.2 Å². The summed E-state index contributed by atoms with van der Waals surface area (Å²) in [6.07, 6.45) is 2.44. The molecular weight excluding hydrogens is 372 g/mol. The number of methoxy groups -OCH3 is 1. The number of carbonyl (C=O) groups excluding carboxylic acids is 1. The molecule has 4 rings (SSSR count). The third-order valence-electron chi connectivity index (χ3n) is 5.85. The van der Waals surface area contributed by atoms with Gasteiger partial charge in [0.2, 0.25) is 5.91 Å². The van der Waals surface area contributed by atoms with Gasteiger partial charge in [0.15, 0.2) is 0 Å². The van der Waals surface area contributed by atoms with Crippen LogP contribution in [0.5, 0.6) is 5.75 Å². The van der Waals surface area contributed by atoms with Crippen LogP contribution in [-0.4, -0.2) is 19.2 Å². The van der Waals surface area contributed by atoms with Crippen LogP contribution in [0.2, 0.25) is 0 Å². The second-order valence-electron chi connectivity index (χ2n) is 7.97. The molecule has 152 valence electrons. The number of hydrazone groups is 1. The van der Waals surface area contributed by atoms with E-state index in [1.165, 1.54) is 22.3 Å². The molecule has 0 aliphatic heterocycles. The molecule has 0 saturated heterocycles. The average Bonchev–Trinajstić information content (AvgIpc) is 3.51. The summed E-state index contributed by atoms with van der Waals surface area (Å²) in [4.78, 5) is 13.0. The van der Waals surface area contributed by atoms with E-state index in [0.29, 0.717) is 0 Å². The van der Waals surface area contributed by atoms with Crippen molar-refractivity contribution in [1.82, 2.24) is 5.43 Å². The molecular formula is C26H26N2O2. The molecule has 0 unspecified atom stereocenters. The summed E-state index contributed by atoms with van der Waals surface area (Å²) in [5.41, 5.74) is 8.12. The largest absolute Gasteiger partial charge is 0.497 e. The van der Waals surface area contributed by atoms with Crippen LogP contribution in [0.25, 0.3) is 0 Å². The number of amides is 1. The number of benzene rings is 3. The van der Waals surface area contributed by atoms with E-state index in [4.69, 9.17) is 4.74 Å². The van der Waals surface area contributed by atoms with Crippen LogP contribution in [-0.2, 0) is 10.2 Å². The van der Waals surface area contributed by atoms with E-state index in [1.807, 2.05) is 24.3 Å². The standard InChI is InChI=1S/C26H26N2O2/c1-18-6-4-8-21(14-18)26(22-9-5-7-19(2)15-22)16-24(26)25(29)28-27-17-20-10-12-23(30-3)13-11-20/h4-15,17,24H,16H2,1-3H3,(H,28,29)/b27-17+/t24-/m0/s1. The van der Waals surface area contributed by atoms with Gasteiger partial charge in [-0.05, 0) is 61.2 Å². The van der Waals surface area contributed by atoms with Gasteiger partial charge in [0.1, 0.15) is 5.75 Å². The Morgan fingerprint density at radius 2 is 1.60 bits per heavy atom. The zero-order chi connectivity index (χ0) is 21.1. The molecule has 1 N–H and O–H groups in total. The number of nitrogens with one attached hydrogen (secondary N) is 1. The van der Waals surface area contributed by atoms with Gasteiger partial charge in [-0.3, -0.25) is 4.79 Å². The van der Waals surface area contributed by atoms with Crippen molar-refractivity contribution in [2.24, 2.45) is 11.0 Å². The Bertz CT molecular complexity index is 1040. The molecule has 0 aromatic heterocycles. The molecule has 1 aliphatic rings. The SMILES string of the molecule is COc1ccc(/C=N/NC(=O)[C@@H]2CC2(c2cccc(C)c2)c2cccc(C)c2)cc1. The Hall–Kier alpha value is -3.40. The maximum Gasteiger partial charge on any atom is 0.244 e. The molecule has 1 saturated carbocycles. The molecule has 30 heavy (non-hydrogen) atoms. The van der Waals surface area contributed by atoms with E-state index in [9.17, 15) is 4.79 Å². The highest BCUT2D eigenvalue weighted by atomic mass is 16.5. The first-order valence-electron chi connectivity index (χ1n) is 10.1. The Balaban J connectivity index is 1.55. The molecule has 3 aromatic carbocycles. The molecule has 1 amide bonds. The molecule has 1 atom stereocenters. The monoisotopic (exact) mass is 398 g/mol. The maximum atomic E-state index is 13.0. The van der Waals surface area contributed by atoms with Crippen LogP contribution in [0.4, 0.5) is 0 Å². The first kappa shape index (κ1) is 19.9. The lowest BCUT2D eigenvalue weighted by Crippen LogP contribution is -2.25. The van der Waals surface area contributed by atoms with Crippen molar-refractivity contribution in [3.05, 3.63) is 101 Å². The average molecular weight is 399 g/mol. The fourth-order valence-corrected chi connectivity index (χ4v) is 4.17. The van der Waals surface area contributed by atoms with Gasteiger partial charge >= 0.3 is 0 Å². The first-order valence-corrected chi connectivity index (χ1v) is 10.1. The van der Waals surface area contributed by atoms with Gasteiger partial charge in [0.25, 0.3) is 0 Å². The van der Waals surface area contributed by atoms with Crippen LogP contribution in [0, 0.1) is 19.8 Å². The summed E-state index contributed by atoms with van der Waals surface area (Å²) >= 11 is 0. The van der Waals surface area contributed by atoms with E-state index in [0.717, 1.165) is 17.7 Å². The lowest BCUT2D eigenvalue weighted by Gasteiger charge is -2.19. The predicted octanol–water partition coefficient (Wildman–Crippen LogP) is 4.77. The summed E-state index contributed by atoms with van der Waals surface area (Å²) in [6, 6.07) is 24.5. The van der Waals surface area contributed by atoms with Gasteiger partial charge in [0, 0.05) is 5.41 Å². The molecule has 0 spiro atoms. The molecule has 4 heteroatoms. The minimum Gasteiger partial charge on any atom is -0.497 e. The normalized spacial score (nSPS) is 17.0. The van der Waals surface area contributed by atoms with Crippen molar-refractivity contribution in [2.45, 2.75) is 25.7 Å². The second kappa shape index (κ2) is 8.15. The number of carbonyl (C=O) groups is 1. The summed E-state index contributed by atoms with van der Waals surface area (Å²) in [6.45, 7) is 4.17. The number of nitrogens with zero attached hydrogens (tertiary/aromatic N) is 1. The fraction of sp³-hybridized carbons (Fsp3) is 0.231. The topological polar surface area (TPSA) is 50.7 Å². The number of rotatable bonds is 6. The quantitative estimate of drug-likeness (QED) is 0.480. The molecule has 1 fully saturated rings. The number of ether oxygens (including phenoxy) is 1. The Morgan fingerprint density at radius 1 is 1.00 bits per heavy atom. The molecule has 4 nitrogen and oxygen atoms in total. The Labute approximate surface area is 177 Å². The highest BCUT2D eigenvalue weighted by Gasteiger charge is 2.60. The predicted molar refractivity (Wildman–Crippen MR) is 120 cm³/mol. The van der Waals surface area contributed by atoms with Crippen LogP contribution in [0.3, 0.4) is 0 Å². The lowest BCUT2D eigenvalue weighted by atomic mass is 9.84. The Kier molecular flexibility index (Phi) is 5.40. The fourth-order valence-electron chi connectivity index (χ4n) is 4.17. The van der Waals surface area contributed by atoms with Gasteiger partial charge in [0.05, 0.1) is 19.2 Å². The van der Waals surface area contributed by atoms with Crippen molar-refractivity contribution in [2.75, 3.05) is 7.11 Å². The van der Waals surface area contributed by atoms with Crippen molar-refractivity contribution in [3.8, 4) is 5.75 Å². The Morgan fingerprint density at radius 3 is 2.13 bits per heavy atom. The molecule has 0 radical (unpaired) electrons. The van der Waals surface area contributed by atoms with Crippen molar-refractivity contribution >= 4 is 12.1 Å². The van der Waals surface area contributed by atoms with E-state index < -0.39 is 0 Å². The molecule has 3 aromatic rings. The second-order valence-corrected chi connectivity index (χ2v) is 7.97. The third-order valence-corrected chi connectivity index (χ3v) is 5.85. The summed E-state index contributed by atoms with van der Waals surface area (Å²) in [7, 11) is 1.63. The molecule has 0 bridgehead atoms. The highest BCUT2D eigenvalue weighted by Crippen LogP contribution is 2.59.